The Morgan fingerprint density at radius 3 is 1.27 bits per heavy atom. The molecule has 7 nitrogen and oxygen atoms in total. The fourth-order valence-corrected chi connectivity index (χ4v) is 7.30. The van der Waals surface area contributed by atoms with E-state index in [4.69, 9.17) is 0 Å². The van der Waals surface area contributed by atoms with Crippen LogP contribution in [0.1, 0.15) is 0 Å². The topological polar surface area (TPSA) is 69.8 Å². The molecule has 0 fully saturated rings. The first-order valence-corrected chi connectivity index (χ1v) is 16.0. The van der Waals surface area contributed by atoms with E-state index < -0.39 is 0 Å². The van der Waals surface area contributed by atoms with Crippen LogP contribution in [0.2, 0.25) is 0 Å². The minimum Gasteiger partial charge on any atom is -0.310 e. The van der Waals surface area contributed by atoms with Gasteiger partial charge in [-0.15, -0.1) is 9.81 Å². The van der Waals surface area contributed by atoms with Crippen LogP contribution < -0.4 is 9.80 Å². The van der Waals surface area contributed by atoms with Crippen LogP contribution in [0.3, 0.4) is 0 Å². The van der Waals surface area contributed by atoms with Gasteiger partial charge in [0.25, 0.3) is 0 Å². The van der Waals surface area contributed by atoms with Crippen LogP contribution in [0.15, 0.2) is 174 Å². The number of benzene rings is 7. The lowest BCUT2D eigenvalue weighted by molar-refractivity contribution is 1.29. The average molecular weight is 634 g/mol. The minimum absolute atomic E-state index is 0.371. The van der Waals surface area contributed by atoms with Gasteiger partial charge in [-0.1, -0.05) is 78.9 Å². The average Bonchev–Trinajstić information content (AvgIpc) is 3.70. The maximum atomic E-state index is 11.6. The standard InChI is InChI=1S/C42H27N5O2/c48-43-28-12-7-18-32(26-28)45(30-14-3-1-4-15-30)36-22-10-24-38-40(36)34-20-9-21-35-41-37(23-11-25-39(41)47(38)42(34)35)46(31-16-5-2-6-17-31)33-19-8-13-29(27-33)44-49/h1-27H. The fraction of sp³-hybridized carbons (Fsp3) is 0. The van der Waals surface area contributed by atoms with Gasteiger partial charge in [-0.2, -0.15) is 0 Å². The van der Waals surface area contributed by atoms with Crippen LogP contribution in [0, 0.1) is 9.81 Å². The maximum Gasteiger partial charge on any atom is 0.110 e. The molecule has 0 unspecified atom stereocenters. The van der Waals surface area contributed by atoms with Crippen molar-refractivity contribution in [2.75, 3.05) is 9.80 Å². The van der Waals surface area contributed by atoms with E-state index in [9.17, 15) is 9.81 Å². The molecule has 0 spiro atoms. The third-order valence-corrected chi connectivity index (χ3v) is 9.22. The van der Waals surface area contributed by atoms with Gasteiger partial charge in [-0.05, 0) is 95.3 Å². The van der Waals surface area contributed by atoms with Crippen molar-refractivity contribution in [2.24, 2.45) is 10.4 Å². The second-order valence-corrected chi connectivity index (χ2v) is 11.9. The molecular formula is C42H27N5O2. The first-order valence-electron chi connectivity index (χ1n) is 16.0. The quantitative estimate of drug-likeness (QED) is 0.156. The molecule has 0 amide bonds. The molecule has 0 radical (unpaired) electrons. The Morgan fingerprint density at radius 2 is 0.816 bits per heavy atom. The minimum atomic E-state index is 0.371. The molecule has 0 aliphatic rings. The predicted octanol–water partition coefficient (Wildman–Crippen LogP) is 12.6. The maximum absolute atomic E-state index is 11.6. The molecule has 7 aromatic carbocycles. The van der Waals surface area contributed by atoms with Gasteiger partial charge in [0.2, 0.25) is 0 Å². The zero-order chi connectivity index (χ0) is 32.9. The summed E-state index contributed by atoms with van der Waals surface area (Å²) in [6.45, 7) is 0. The summed E-state index contributed by atoms with van der Waals surface area (Å²) >= 11 is 0. The zero-order valence-electron chi connectivity index (χ0n) is 26.1. The molecule has 0 saturated heterocycles. The summed E-state index contributed by atoms with van der Waals surface area (Å²) in [5, 5.41) is 10.9. The number of hydrogen-bond acceptors (Lipinski definition) is 6. The van der Waals surface area contributed by atoms with E-state index in [1.165, 1.54) is 0 Å². The van der Waals surface area contributed by atoms with Crippen molar-refractivity contribution in [1.29, 1.82) is 0 Å². The first-order chi connectivity index (χ1) is 24.2. The number of rotatable bonds is 8. The molecule has 0 bridgehead atoms. The fourth-order valence-electron chi connectivity index (χ4n) is 7.30. The van der Waals surface area contributed by atoms with E-state index in [1.807, 2.05) is 72.8 Å². The summed E-state index contributed by atoms with van der Waals surface area (Å²) in [6, 6.07) is 54.5. The summed E-state index contributed by atoms with van der Waals surface area (Å²) in [5.74, 6) is 0. The highest BCUT2D eigenvalue weighted by atomic mass is 16.3. The molecule has 0 atom stereocenters. The van der Waals surface area contributed by atoms with Crippen molar-refractivity contribution in [3.05, 3.63) is 174 Å². The highest BCUT2D eigenvalue weighted by Crippen LogP contribution is 2.49. The van der Waals surface area contributed by atoms with Crippen molar-refractivity contribution >= 4 is 83.6 Å². The molecule has 49 heavy (non-hydrogen) atoms. The van der Waals surface area contributed by atoms with Crippen LogP contribution >= 0.6 is 0 Å². The monoisotopic (exact) mass is 633 g/mol. The predicted molar refractivity (Wildman–Crippen MR) is 201 cm³/mol. The lowest BCUT2D eigenvalue weighted by Crippen LogP contribution is -2.10. The number of nitroso groups, excluding NO2 is 2. The molecule has 9 rings (SSSR count). The van der Waals surface area contributed by atoms with Crippen molar-refractivity contribution < 1.29 is 0 Å². The summed E-state index contributed by atoms with van der Waals surface area (Å²) in [6.07, 6.45) is 0. The van der Waals surface area contributed by atoms with Gasteiger partial charge in [0.15, 0.2) is 0 Å². The number of anilines is 6. The lowest BCUT2D eigenvalue weighted by Gasteiger charge is -2.27. The SMILES string of the molecule is O=Nc1cccc(N(c2ccccc2)c2cccc3c2c2cccc4c5c(N(c6ccccc6)c6cccc(N=O)c6)cccc5n3c24)c1. The van der Waals surface area contributed by atoms with Gasteiger partial charge in [0.1, 0.15) is 11.4 Å². The van der Waals surface area contributed by atoms with Gasteiger partial charge >= 0.3 is 0 Å². The van der Waals surface area contributed by atoms with Crippen molar-refractivity contribution in [3.63, 3.8) is 0 Å². The lowest BCUT2D eigenvalue weighted by atomic mass is 10.0. The molecule has 0 aliphatic heterocycles. The number of aromatic nitrogens is 1. The Hall–Kier alpha value is -6.86. The normalized spacial score (nSPS) is 11.4. The summed E-state index contributed by atoms with van der Waals surface area (Å²) in [7, 11) is 0. The van der Waals surface area contributed by atoms with Crippen LogP contribution in [0.5, 0.6) is 0 Å². The second kappa shape index (κ2) is 11.4. The Balaban J connectivity index is 1.35. The third-order valence-electron chi connectivity index (χ3n) is 9.22. The van der Waals surface area contributed by atoms with Crippen LogP contribution in [0.25, 0.3) is 38.1 Å². The molecule has 0 N–H and O–H groups in total. The number of para-hydroxylation sites is 3. The third kappa shape index (κ3) is 4.44. The van der Waals surface area contributed by atoms with E-state index in [2.05, 4.69) is 103 Å². The van der Waals surface area contributed by atoms with E-state index >= 15 is 0 Å². The van der Waals surface area contributed by atoms with Crippen molar-refractivity contribution in [3.8, 4) is 0 Å². The van der Waals surface area contributed by atoms with Gasteiger partial charge in [-0.25, -0.2) is 0 Å². The van der Waals surface area contributed by atoms with Crippen LogP contribution in [-0.2, 0) is 0 Å². The van der Waals surface area contributed by atoms with Crippen molar-refractivity contribution in [1.82, 2.24) is 4.40 Å². The zero-order valence-corrected chi connectivity index (χ0v) is 26.1. The van der Waals surface area contributed by atoms with Gasteiger partial charge in [0.05, 0.1) is 27.9 Å². The second-order valence-electron chi connectivity index (χ2n) is 11.9. The van der Waals surface area contributed by atoms with Gasteiger partial charge in [-0.3, -0.25) is 0 Å². The molecule has 2 aromatic heterocycles. The van der Waals surface area contributed by atoms with E-state index in [0.29, 0.717) is 11.4 Å². The van der Waals surface area contributed by atoms with Crippen molar-refractivity contribution in [2.45, 2.75) is 0 Å². The van der Waals surface area contributed by atoms with Gasteiger partial charge in [0, 0.05) is 44.3 Å². The first kappa shape index (κ1) is 28.4. The summed E-state index contributed by atoms with van der Waals surface area (Å²) in [5.41, 5.74) is 9.63. The largest absolute Gasteiger partial charge is 0.310 e. The summed E-state index contributed by atoms with van der Waals surface area (Å²) in [4.78, 5) is 27.6. The highest BCUT2D eigenvalue weighted by molar-refractivity contribution is 6.28. The number of nitrogens with zero attached hydrogens (tertiary/aromatic N) is 5. The van der Waals surface area contributed by atoms with E-state index in [-0.39, 0.29) is 0 Å². The molecule has 0 aliphatic carbocycles. The Kier molecular flexibility index (Phi) is 6.62. The Labute approximate surface area is 281 Å². The van der Waals surface area contributed by atoms with Crippen LogP contribution in [-0.4, -0.2) is 4.40 Å². The highest BCUT2D eigenvalue weighted by Gasteiger charge is 2.25. The summed E-state index contributed by atoms with van der Waals surface area (Å²) < 4.78 is 2.36. The van der Waals surface area contributed by atoms with E-state index in [1.54, 1.807) is 12.1 Å². The number of fused-ring (bicyclic) bond motifs is 6. The smallest absolute Gasteiger partial charge is 0.110 e. The van der Waals surface area contributed by atoms with Gasteiger partial charge < -0.3 is 14.2 Å². The molecule has 232 valence electrons. The molecular weight excluding hydrogens is 606 g/mol. The Morgan fingerprint density at radius 1 is 0.408 bits per heavy atom. The van der Waals surface area contributed by atoms with Crippen LogP contribution in [0.4, 0.5) is 45.5 Å². The molecule has 0 saturated carbocycles. The molecule has 9 aromatic rings. The van der Waals surface area contributed by atoms with E-state index in [0.717, 1.165) is 72.2 Å². The molecule has 2 heterocycles. The number of hydrogen-bond donors (Lipinski definition) is 0. The Bertz CT molecular complexity index is 2490. The molecule has 7 heteroatoms.